The maximum absolute atomic E-state index is 12.1. The van der Waals surface area contributed by atoms with Gasteiger partial charge in [0.05, 0.1) is 11.5 Å². The maximum atomic E-state index is 12.1. The van der Waals surface area contributed by atoms with Crippen LogP contribution in [0, 0.1) is 5.92 Å². The molecule has 3 fully saturated rings. The normalized spacial score (nSPS) is 35.5. The molecular formula is C12H20N2OS. The second-order valence-corrected chi connectivity index (χ2v) is 6.38. The molecule has 1 saturated carbocycles. The fourth-order valence-corrected chi connectivity index (χ4v) is 4.38. The fourth-order valence-electron chi connectivity index (χ4n) is 2.99. The van der Waals surface area contributed by atoms with Crippen molar-refractivity contribution >= 4 is 17.7 Å². The van der Waals surface area contributed by atoms with Crippen molar-refractivity contribution in [1.82, 2.24) is 10.2 Å². The molecule has 0 radical (unpaired) electrons. The Balaban J connectivity index is 1.52. The number of carbonyl (C=O) groups is 1. The van der Waals surface area contributed by atoms with Crippen molar-refractivity contribution in [3.05, 3.63) is 0 Å². The predicted molar refractivity (Wildman–Crippen MR) is 66.1 cm³/mol. The topological polar surface area (TPSA) is 32.3 Å². The van der Waals surface area contributed by atoms with Crippen LogP contribution >= 0.6 is 11.8 Å². The molecule has 3 nitrogen and oxygen atoms in total. The molecule has 3 aliphatic rings. The van der Waals surface area contributed by atoms with E-state index >= 15 is 0 Å². The molecule has 2 atom stereocenters. The number of thioether (sulfide) groups is 1. The SMILES string of the molecule is O=C(NC1CSC2CCN12)C1CCCCC1. The summed E-state index contributed by atoms with van der Waals surface area (Å²) in [5.74, 6) is 1.71. The van der Waals surface area contributed by atoms with Crippen LogP contribution < -0.4 is 5.32 Å². The molecule has 0 aromatic carbocycles. The average molecular weight is 240 g/mol. The van der Waals surface area contributed by atoms with E-state index in [0.29, 0.717) is 23.4 Å². The average Bonchev–Trinajstić information content (AvgIpc) is 2.54. The van der Waals surface area contributed by atoms with Crippen LogP contribution in [0.2, 0.25) is 0 Å². The third-order valence-electron chi connectivity index (χ3n) is 4.14. The van der Waals surface area contributed by atoms with Crippen molar-refractivity contribution in [3.63, 3.8) is 0 Å². The van der Waals surface area contributed by atoms with Crippen LogP contribution in [-0.2, 0) is 4.79 Å². The zero-order chi connectivity index (χ0) is 11.0. The van der Waals surface area contributed by atoms with Crippen LogP contribution in [0.5, 0.6) is 0 Å². The molecule has 90 valence electrons. The van der Waals surface area contributed by atoms with Gasteiger partial charge in [-0.1, -0.05) is 19.3 Å². The van der Waals surface area contributed by atoms with Gasteiger partial charge in [0.1, 0.15) is 0 Å². The van der Waals surface area contributed by atoms with Gasteiger partial charge in [0.25, 0.3) is 0 Å². The van der Waals surface area contributed by atoms with E-state index in [1.165, 1.54) is 32.2 Å². The Hall–Kier alpha value is -0.220. The molecule has 2 saturated heterocycles. The summed E-state index contributed by atoms with van der Waals surface area (Å²) in [7, 11) is 0. The van der Waals surface area contributed by atoms with Gasteiger partial charge in [-0.3, -0.25) is 9.69 Å². The number of rotatable bonds is 2. The zero-order valence-electron chi connectivity index (χ0n) is 9.65. The number of carbonyl (C=O) groups excluding carboxylic acids is 1. The molecule has 2 heterocycles. The Morgan fingerprint density at radius 2 is 2.00 bits per heavy atom. The van der Waals surface area contributed by atoms with E-state index in [2.05, 4.69) is 10.2 Å². The highest BCUT2D eigenvalue weighted by atomic mass is 32.2. The number of amides is 1. The van der Waals surface area contributed by atoms with Gasteiger partial charge in [-0.15, -0.1) is 11.8 Å². The van der Waals surface area contributed by atoms with Gasteiger partial charge in [-0.05, 0) is 19.3 Å². The van der Waals surface area contributed by atoms with Crippen LogP contribution in [-0.4, -0.2) is 34.6 Å². The van der Waals surface area contributed by atoms with E-state index in [9.17, 15) is 4.79 Å². The van der Waals surface area contributed by atoms with E-state index in [1.54, 1.807) is 0 Å². The Morgan fingerprint density at radius 3 is 2.62 bits per heavy atom. The van der Waals surface area contributed by atoms with Crippen LogP contribution in [0.25, 0.3) is 0 Å². The summed E-state index contributed by atoms with van der Waals surface area (Å²) in [5, 5.41) is 3.95. The summed E-state index contributed by atoms with van der Waals surface area (Å²) in [6, 6.07) is 0. The Morgan fingerprint density at radius 1 is 1.19 bits per heavy atom. The highest BCUT2D eigenvalue weighted by molar-refractivity contribution is 8.00. The monoisotopic (exact) mass is 240 g/mol. The van der Waals surface area contributed by atoms with Crippen molar-refractivity contribution in [2.75, 3.05) is 12.3 Å². The first kappa shape index (κ1) is 10.9. The van der Waals surface area contributed by atoms with Crippen LogP contribution in [0.4, 0.5) is 0 Å². The van der Waals surface area contributed by atoms with Gasteiger partial charge in [0, 0.05) is 18.2 Å². The van der Waals surface area contributed by atoms with E-state index in [0.717, 1.165) is 18.6 Å². The summed E-state index contributed by atoms with van der Waals surface area (Å²) in [6.07, 6.45) is 7.65. The summed E-state index contributed by atoms with van der Waals surface area (Å²) >= 11 is 2.00. The van der Waals surface area contributed by atoms with Crippen LogP contribution in [0.3, 0.4) is 0 Å². The first-order chi connectivity index (χ1) is 7.84. The van der Waals surface area contributed by atoms with Gasteiger partial charge in [0.2, 0.25) is 5.91 Å². The van der Waals surface area contributed by atoms with Crippen LogP contribution in [0.1, 0.15) is 38.5 Å². The smallest absolute Gasteiger partial charge is 0.224 e. The maximum Gasteiger partial charge on any atom is 0.224 e. The number of nitrogens with zero attached hydrogens (tertiary/aromatic N) is 1. The van der Waals surface area contributed by atoms with E-state index in [1.807, 2.05) is 11.8 Å². The number of hydrogen-bond donors (Lipinski definition) is 1. The minimum Gasteiger partial charge on any atom is -0.339 e. The Bertz CT molecular complexity index is 278. The quantitative estimate of drug-likeness (QED) is 0.798. The Kier molecular flexibility index (Phi) is 3.11. The van der Waals surface area contributed by atoms with Gasteiger partial charge >= 0.3 is 0 Å². The molecule has 4 heteroatoms. The first-order valence-corrected chi connectivity index (χ1v) is 7.57. The molecule has 0 bridgehead atoms. The highest BCUT2D eigenvalue weighted by Crippen LogP contribution is 2.37. The lowest BCUT2D eigenvalue weighted by Crippen LogP contribution is -2.55. The molecule has 0 aromatic rings. The summed E-state index contributed by atoms with van der Waals surface area (Å²) in [6.45, 7) is 1.17. The number of hydrogen-bond acceptors (Lipinski definition) is 3. The van der Waals surface area contributed by atoms with E-state index < -0.39 is 0 Å². The molecule has 0 spiro atoms. The van der Waals surface area contributed by atoms with Gasteiger partial charge in [-0.25, -0.2) is 0 Å². The van der Waals surface area contributed by atoms with Crippen molar-refractivity contribution in [2.24, 2.45) is 5.92 Å². The summed E-state index contributed by atoms with van der Waals surface area (Å²) in [4.78, 5) is 14.5. The van der Waals surface area contributed by atoms with Gasteiger partial charge < -0.3 is 5.32 Å². The third kappa shape index (κ3) is 1.97. The fraction of sp³-hybridized carbons (Fsp3) is 0.917. The minimum atomic E-state index is 0.305. The first-order valence-electron chi connectivity index (χ1n) is 6.52. The van der Waals surface area contributed by atoms with E-state index in [4.69, 9.17) is 0 Å². The summed E-state index contributed by atoms with van der Waals surface area (Å²) in [5.41, 5.74) is 0. The lowest BCUT2D eigenvalue weighted by atomic mass is 9.88. The van der Waals surface area contributed by atoms with Gasteiger partial charge in [-0.2, -0.15) is 0 Å². The molecule has 3 rings (SSSR count). The van der Waals surface area contributed by atoms with Gasteiger partial charge in [0.15, 0.2) is 0 Å². The van der Waals surface area contributed by atoms with Crippen LogP contribution in [0.15, 0.2) is 0 Å². The lowest BCUT2D eigenvalue weighted by Gasteiger charge is -2.38. The minimum absolute atomic E-state index is 0.305. The van der Waals surface area contributed by atoms with Crippen molar-refractivity contribution in [1.29, 1.82) is 0 Å². The Labute approximate surface area is 101 Å². The molecule has 2 unspecified atom stereocenters. The van der Waals surface area contributed by atoms with E-state index in [-0.39, 0.29) is 0 Å². The number of nitrogens with one attached hydrogen (secondary N) is 1. The highest BCUT2D eigenvalue weighted by Gasteiger charge is 2.41. The zero-order valence-corrected chi connectivity index (χ0v) is 10.5. The lowest BCUT2D eigenvalue weighted by molar-refractivity contribution is -0.128. The molecular weight excluding hydrogens is 220 g/mol. The second-order valence-electron chi connectivity index (χ2n) is 5.17. The largest absolute Gasteiger partial charge is 0.339 e. The second kappa shape index (κ2) is 4.57. The third-order valence-corrected chi connectivity index (χ3v) is 5.54. The summed E-state index contributed by atoms with van der Waals surface area (Å²) < 4.78 is 0. The van der Waals surface area contributed by atoms with Crippen molar-refractivity contribution in [2.45, 2.75) is 50.1 Å². The molecule has 1 amide bonds. The molecule has 16 heavy (non-hydrogen) atoms. The number of fused-ring (bicyclic) bond motifs is 1. The molecule has 1 N–H and O–H groups in total. The predicted octanol–water partition coefficient (Wildman–Crippen LogP) is 1.79. The molecule has 1 aliphatic carbocycles. The molecule has 2 aliphatic heterocycles. The van der Waals surface area contributed by atoms with Crippen molar-refractivity contribution in [3.8, 4) is 0 Å². The van der Waals surface area contributed by atoms with Crippen molar-refractivity contribution < 1.29 is 4.79 Å². The standard InChI is InChI=1S/C12H20N2OS/c15-12(9-4-2-1-3-5-9)13-10-8-16-11-6-7-14(10)11/h9-11H,1-8H2,(H,13,15). The molecule has 0 aromatic heterocycles.